The Labute approximate surface area is 226 Å². The molecule has 0 saturated carbocycles. The van der Waals surface area contributed by atoms with Gasteiger partial charge in [-0.25, -0.2) is 4.98 Å². The molecule has 9 nitrogen and oxygen atoms in total. The Morgan fingerprint density at radius 2 is 1.85 bits per heavy atom. The smallest absolute Gasteiger partial charge is 0.420 e. The van der Waals surface area contributed by atoms with Crippen LogP contribution in [0.2, 0.25) is 0 Å². The van der Waals surface area contributed by atoms with Crippen molar-refractivity contribution in [1.29, 1.82) is 0 Å². The highest BCUT2D eigenvalue weighted by molar-refractivity contribution is 5.94. The van der Waals surface area contributed by atoms with Crippen LogP contribution in [0.15, 0.2) is 65.4 Å². The molecule has 0 radical (unpaired) electrons. The molecule has 0 aliphatic carbocycles. The Kier molecular flexibility index (Phi) is 7.52. The van der Waals surface area contributed by atoms with Crippen molar-refractivity contribution < 1.29 is 31.9 Å². The number of amides is 2. The summed E-state index contributed by atoms with van der Waals surface area (Å²) in [5.74, 6) is -0.892. The zero-order valence-corrected chi connectivity index (χ0v) is 21.1. The number of fused-ring (bicyclic) bond motifs is 1. The maximum absolute atomic E-state index is 14.1. The third-order valence-corrected chi connectivity index (χ3v) is 6.31. The van der Waals surface area contributed by atoms with Gasteiger partial charge in [-0.1, -0.05) is 0 Å². The summed E-state index contributed by atoms with van der Waals surface area (Å²) in [6.07, 6.45) is 0.774. The quantitative estimate of drug-likeness (QED) is 0.343. The molecular weight excluding hydrogens is 527 g/mol. The van der Waals surface area contributed by atoms with E-state index in [0.717, 1.165) is 0 Å². The number of nitrogens with one attached hydrogen (secondary N) is 1. The molecule has 0 atom stereocenters. The van der Waals surface area contributed by atoms with Gasteiger partial charge in [0.2, 0.25) is 5.91 Å². The van der Waals surface area contributed by atoms with Gasteiger partial charge in [-0.15, -0.1) is 0 Å². The van der Waals surface area contributed by atoms with Crippen molar-refractivity contribution in [3.8, 4) is 11.3 Å². The van der Waals surface area contributed by atoms with Gasteiger partial charge in [0, 0.05) is 42.5 Å². The number of nitrogens with two attached hydrogens (primary N) is 1. The van der Waals surface area contributed by atoms with Gasteiger partial charge >= 0.3 is 6.18 Å². The van der Waals surface area contributed by atoms with Gasteiger partial charge in [-0.3, -0.25) is 14.6 Å². The standard InChI is InChI=1S/C28H24F3N5O4/c29-28(30,31)26-20-13-18(21-5-3-19(15-33-21)27(38)36-9-11-39-12-10-36)4-6-22(20)40-23(26)16-35-25(37)8-2-17-1-7-24(32)34-14-17/h1-8,13-15H,9-12,16H2,(H2,32,34)(H,35,37). The molecule has 2 amide bonds. The van der Waals surface area contributed by atoms with Gasteiger partial charge in [0.05, 0.1) is 31.0 Å². The van der Waals surface area contributed by atoms with Gasteiger partial charge in [-0.05, 0) is 54.1 Å². The van der Waals surface area contributed by atoms with E-state index in [1.807, 2.05) is 0 Å². The van der Waals surface area contributed by atoms with Crippen molar-refractivity contribution in [3.63, 3.8) is 0 Å². The van der Waals surface area contributed by atoms with Crippen LogP contribution in [0, 0.1) is 0 Å². The van der Waals surface area contributed by atoms with E-state index in [1.54, 1.807) is 35.2 Å². The maximum atomic E-state index is 14.1. The molecule has 4 aromatic rings. The molecule has 0 bridgehead atoms. The number of hydrogen-bond donors (Lipinski definition) is 2. The minimum atomic E-state index is -4.74. The van der Waals surface area contributed by atoms with E-state index in [0.29, 0.717) is 54.5 Å². The van der Waals surface area contributed by atoms with Crippen LogP contribution >= 0.6 is 0 Å². The second-order valence-electron chi connectivity index (χ2n) is 9.01. The normalized spacial score (nSPS) is 14.1. The van der Waals surface area contributed by atoms with Crippen molar-refractivity contribution in [1.82, 2.24) is 20.2 Å². The number of carbonyl (C=O) groups excluding carboxylic acids is 2. The van der Waals surface area contributed by atoms with Crippen molar-refractivity contribution in [2.75, 3.05) is 32.0 Å². The molecule has 12 heteroatoms. The lowest BCUT2D eigenvalue weighted by atomic mass is 10.0. The molecule has 1 fully saturated rings. The van der Waals surface area contributed by atoms with E-state index in [9.17, 15) is 22.8 Å². The number of nitrogen functional groups attached to an aromatic ring is 1. The fourth-order valence-corrected chi connectivity index (χ4v) is 4.30. The van der Waals surface area contributed by atoms with Crippen LogP contribution in [0.25, 0.3) is 28.3 Å². The first kappa shape index (κ1) is 26.9. The zero-order chi connectivity index (χ0) is 28.3. The summed E-state index contributed by atoms with van der Waals surface area (Å²) in [5, 5.41) is 2.26. The van der Waals surface area contributed by atoms with Crippen LogP contribution in [0.1, 0.15) is 27.2 Å². The van der Waals surface area contributed by atoms with E-state index < -0.39 is 30.0 Å². The average Bonchev–Trinajstić information content (AvgIpc) is 3.34. The lowest BCUT2D eigenvalue weighted by Crippen LogP contribution is -2.40. The number of pyridine rings is 2. The highest BCUT2D eigenvalue weighted by atomic mass is 19.4. The zero-order valence-electron chi connectivity index (χ0n) is 21.1. The van der Waals surface area contributed by atoms with Crippen LogP contribution in [0.4, 0.5) is 19.0 Å². The number of aromatic nitrogens is 2. The molecule has 0 unspecified atom stereocenters. The van der Waals surface area contributed by atoms with Gasteiger partial charge in [0.15, 0.2) is 0 Å². The van der Waals surface area contributed by atoms with Gasteiger partial charge in [0.1, 0.15) is 22.7 Å². The van der Waals surface area contributed by atoms with Crippen molar-refractivity contribution >= 4 is 34.7 Å². The van der Waals surface area contributed by atoms with Crippen LogP contribution in [-0.4, -0.2) is 53.0 Å². The number of nitrogens with zero attached hydrogens (tertiary/aromatic N) is 3. The first-order chi connectivity index (χ1) is 19.2. The van der Waals surface area contributed by atoms with Crippen LogP contribution in [-0.2, 0) is 22.3 Å². The highest BCUT2D eigenvalue weighted by Crippen LogP contribution is 2.40. The number of alkyl halides is 3. The van der Waals surface area contributed by atoms with Gasteiger partial charge in [0.25, 0.3) is 5.91 Å². The van der Waals surface area contributed by atoms with E-state index in [-0.39, 0.29) is 16.9 Å². The van der Waals surface area contributed by atoms with Crippen LogP contribution < -0.4 is 11.1 Å². The predicted molar refractivity (Wildman–Crippen MR) is 141 cm³/mol. The lowest BCUT2D eigenvalue weighted by Gasteiger charge is -2.26. The molecule has 4 heterocycles. The Bertz CT molecular complexity index is 1560. The number of benzene rings is 1. The first-order valence-corrected chi connectivity index (χ1v) is 12.3. The van der Waals surface area contributed by atoms with Crippen molar-refractivity contribution in [2.24, 2.45) is 0 Å². The fourth-order valence-electron chi connectivity index (χ4n) is 4.30. The van der Waals surface area contributed by atoms with Crippen LogP contribution in [0.3, 0.4) is 0 Å². The Morgan fingerprint density at radius 3 is 2.52 bits per heavy atom. The molecular formula is C28H24F3N5O4. The Balaban J connectivity index is 1.35. The second-order valence-corrected chi connectivity index (χ2v) is 9.01. The average molecular weight is 552 g/mol. The third-order valence-electron chi connectivity index (χ3n) is 6.31. The van der Waals surface area contributed by atoms with E-state index >= 15 is 0 Å². The number of halogens is 3. The SMILES string of the molecule is Nc1ccc(C=CC(=O)NCc2oc3ccc(-c4ccc(C(=O)N5CCOCC5)cn4)cc3c2C(F)(F)F)cn1. The van der Waals surface area contributed by atoms with Crippen LogP contribution in [0.5, 0.6) is 0 Å². The minimum absolute atomic E-state index is 0.0166. The molecule has 206 valence electrons. The molecule has 1 aliphatic heterocycles. The van der Waals surface area contributed by atoms with Crippen molar-refractivity contribution in [3.05, 3.63) is 83.4 Å². The molecule has 0 spiro atoms. The van der Waals surface area contributed by atoms with E-state index in [2.05, 4.69) is 15.3 Å². The summed E-state index contributed by atoms with van der Waals surface area (Å²) in [6, 6.07) is 10.7. The minimum Gasteiger partial charge on any atom is -0.459 e. The number of anilines is 1. The summed E-state index contributed by atoms with van der Waals surface area (Å²) in [7, 11) is 0. The Morgan fingerprint density at radius 1 is 1.05 bits per heavy atom. The molecule has 1 saturated heterocycles. The summed E-state index contributed by atoms with van der Waals surface area (Å²) >= 11 is 0. The molecule has 1 aliphatic rings. The maximum Gasteiger partial charge on any atom is 0.420 e. The molecule has 5 rings (SSSR count). The molecule has 3 aromatic heterocycles. The van der Waals surface area contributed by atoms with Gasteiger partial charge < -0.3 is 25.1 Å². The Hall–Kier alpha value is -4.71. The number of morpholine rings is 1. The third kappa shape index (κ3) is 5.96. The number of hydrogen-bond acceptors (Lipinski definition) is 7. The first-order valence-electron chi connectivity index (χ1n) is 12.3. The second kappa shape index (κ2) is 11.2. The lowest BCUT2D eigenvalue weighted by molar-refractivity contribution is -0.137. The highest BCUT2D eigenvalue weighted by Gasteiger charge is 2.38. The van der Waals surface area contributed by atoms with E-state index in [1.165, 1.54) is 36.7 Å². The van der Waals surface area contributed by atoms with E-state index in [4.69, 9.17) is 14.9 Å². The summed E-state index contributed by atoms with van der Waals surface area (Å²) in [6.45, 7) is 1.42. The number of furan rings is 1. The summed E-state index contributed by atoms with van der Waals surface area (Å²) < 4.78 is 53.1. The summed E-state index contributed by atoms with van der Waals surface area (Å²) in [5.41, 5.74) is 6.36. The monoisotopic (exact) mass is 551 g/mol. The largest absolute Gasteiger partial charge is 0.459 e. The number of ether oxygens (including phenoxy) is 1. The fraction of sp³-hybridized carbons (Fsp3) is 0.214. The van der Waals surface area contributed by atoms with Gasteiger partial charge in [-0.2, -0.15) is 13.2 Å². The summed E-state index contributed by atoms with van der Waals surface area (Å²) in [4.78, 5) is 34.8. The molecule has 40 heavy (non-hydrogen) atoms. The number of rotatable bonds is 6. The predicted octanol–water partition coefficient (Wildman–Crippen LogP) is 4.29. The number of carbonyl (C=O) groups is 2. The molecule has 3 N–H and O–H groups in total. The topological polar surface area (TPSA) is 124 Å². The van der Waals surface area contributed by atoms with Crippen molar-refractivity contribution in [2.45, 2.75) is 12.7 Å². The molecule has 1 aromatic carbocycles.